The van der Waals surface area contributed by atoms with Crippen molar-refractivity contribution < 1.29 is 19.2 Å². The van der Waals surface area contributed by atoms with Crippen molar-refractivity contribution >= 4 is 42.6 Å². The monoisotopic (exact) mass is 230 g/mol. The Morgan fingerprint density at radius 3 is 1.20 bits per heavy atom. The van der Waals surface area contributed by atoms with Crippen LogP contribution in [0.5, 0.6) is 0 Å². The average molecular weight is 231 g/mol. The zero-order chi connectivity index (χ0) is 9.00. The van der Waals surface area contributed by atoms with E-state index >= 15 is 0 Å². The zero-order valence-corrected chi connectivity index (χ0v) is 7.99. The van der Waals surface area contributed by atoms with E-state index in [-0.39, 0.29) is 0 Å². The number of hydrogen-bond acceptors (Lipinski definition) is 1. The van der Waals surface area contributed by atoms with Gasteiger partial charge >= 0.3 is 7.82 Å². The molecule has 0 radical (unpaired) electrons. The van der Waals surface area contributed by atoms with E-state index in [1.165, 1.54) is 6.92 Å². The summed E-state index contributed by atoms with van der Waals surface area (Å²) in [5, 5.41) is 0. The van der Waals surface area contributed by atoms with Gasteiger partial charge in [-0.15, -0.1) is 0 Å². The Hall–Kier alpha value is 0.980. The van der Waals surface area contributed by atoms with Crippen LogP contribution >= 0.6 is 42.6 Å². The van der Waals surface area contributed by atoms with Gasteiger partial charge in [-0.2, -0.15) is 0 Å². The second-order valence-corrected chi connectivity index (χ2v) is 5.17. The lowest BCUT2D eigenvalue weighted by Gasteiger charge is -1.94. The summed E-state index contributed by atoms with van der Waals surface area (Å²) in [6.07, 6.45) is 0. The highest BCUT2D eigenvalue weighted by Gasteiger charge is 2.07. The van der Waals surface area contributed by atoms with Gasteiger partial charge in [0.15, 0.2) is 3.79 Å². The number of halogens is 3. The van der Waals surface area contributed by atoms with Gasteiger partial charge in [0.05, 0.1) is 0 Å². The second-order valence-electron chi connectivity index (χ2n) is 1.29. The van der Waals surface area contributed by atoms with Gasteiger partial charge in [0, 0.05) is 0 Å². The number of phosphoric acid groups is 1. The Morgan fingerprint density at radius 2 is 1.20 bits per heavy atom. The SMILES string of the molecule is CC(Cl)(Cl)Cl.O=P(O)(O)O. The van der Waals surface area contributed by atoms with Gasteiger partial charge in [-0.05, 0) is 6.92 Å². The van der Waals surface area contributed by atoms with Crippen molar-refractivity contribution in [1.29, 1.82) is 0 Å². The van der Waals surface area contributed by atoms with Crippen molar-refractivity contribution in [2.75, 3.05) is 0 Å². The molecular formula is C2H6Cl3O4P. The van der Waals surface area contributed by atoms with Gasteiger partial charge < -0.3 is 14.7 Å². The first-order valence-electron chi connectivity index (χ1n) is 1.85. The van der Waals surface area contributed by atoms with Crippen molar-refractivity contribution in [3.8, 4) is 0 Å². The molecule has 0 spiro atoms. The lowest BCUT2D eigenvalue weighted by molar-refractivity contribution is 0.275. The van der Waals surface area contributed by atoms with Crippen LogP contribution in [0.25, 0.3) is 0 Å². The third kappa shape index (κ3) is 595. The molecule has 64 valence electrons. The first-order valence-corrected chi connectivity index (χ1v) is 4.55. The highest BCUT2D eigenvalue weighted by Crippen LogP contribution is 2.25. The van der Waals surface area contributed by atoms with E-state index in [2.05, 4.69) is 0 Å². The Kier molecular flexibility index (Phi) is 6.48. The van der Waals surface area contributed by atoms with Crippen LogP contribution in [0.15, 0.2) is 0 Å². The van der Waals surface area contributed by atoms with Crippen LogP contribution in [-0.2, 0) is 4.57 Å². The van der Waals surface area contributed by atoms with Crippen molar-refractivity contribution in [3.63, 3.8) is 0 Å². The van der Waals surface area contributed by atoms with Crippen molar-refractivity contribution in [1.82, 2.24) is 0 Å². The molecule has 0 amide bonds. The molecular weight excluding hydrogens is 225 g/mol. The number of hydrogen-bond donors (Lipinski definition) is 3. The lowest BCUT2D eigenvalue weighted by atomic mass is 10.9. The topological polar surface area (TPSA) is 77.8 Å². The lowest BCUT2D eigenvalue weighted by Crippen LogP contribution is -1.87. The summed E-state index contributed by atoms with van der Waals surface area (Å²) in [5.41, 5.74) is 0. The molecule has 0 heterocycles. The highest BCUT2D eigenvalue weighted by atomic mass is 35.6. The Bertz CT molecular complexity index is 111. The molecule has 0 saturated carbocycles. The Labute approximate surface area is 73.0 Å². The van der Waals surface area contributed by atoms with Crippen LogP contribution in [0.1, 0.15) is 6.92 Å². The largest absolute Gasteiger partial charge is 0.466 e. The summed E-state index contributed by atoms with van der Waals surface area (Å²) in [4.78, 5) is 21.6. The fourth-order valence-corrected chi connectivity index (χ4v) is 0. The number of rotatable bonds is 0. The summed E-state index contributed by atoms with van der Waals surface area (Å²) in [5.74, 6) is 0. The second kappa shape index (κ2) is 4.78. The van der Waals surface area contributed by atoms with Crippen molar-refractivity contribution in [3.05, 3.63) is 0 Å². The summed E-state index contributed by atoms with van der Waals surface area (Å²) >= 11 is 15.2. The van der Waals surface area contributed by atoms with Gasteiger partial charge in [0.1, 0.15) is 0 Å². The van der Waals surface area contributed by atoms with E-state index in [0.29, 0.717) is 0 Å². The molecule has 4 nitrogen and oxygen atoms in total. The van der Waals surface area contributed by atoms with Crippen LogP contribution in [-0.4, -0.2) is 18.5 Å². The van der Waals surface area contributed by atoms with Crippen LogP contribution in [0.3, 0.4) is 0 Å². The van der Waals surface area contributed by atoms with Gasteiger partial charge in [-0.25, -0.2) is 4.57 Å². The summed E-state index contributed by atoms with van der Waals surface area (Å²) in [6, 6.07) is 0. The van der Waals surface area contributed by atoms with Gasteiger partial charge in [-0.1, -0.05) is 34.8 Å². The Balaban J connectivity index is 0. The minimum absolute atomic E-state index is 1.08. The molecule has 0 unspecified atom stereocenters. The number of alkyl halides is 3. The van der Waals surface area contributed by atoms with E-state index in [9.17, 15) is 0 Å². The maximum absolute atomic E-state index is 8.88. The standard InChI is InChI=1S/C2H3Cl3.H3O4P/c1-2(3,4)5;1-5(2,3)4/h1H3;(H3,1,2,3,4). The fourth-order valence-electron chi connectivity index (χ4n) is 0. The molecule has 8 heteroatoms. The van der Waals surface area contributed by atoms with Crippen LogP contribution in [0, 0.1) is 0 Å². The summed E-state index contributed by atoms with van der Waals surface area (Å²) in [6.45, 7) is 1.48. The minimum Gasteiger partial charge on any atom is -0.303 e. The zero-order valence-electron chi connectivity index (χ0n) is 4.83. The molecule has 10 heavy (non-hydrogen) atoms. The molecule has 0 aromatic rings. The smallest absolute Gasteiger partial charge is 0.303 e. The highest BCUT2D eigenvalue weighted by molar-refractivity contribution is 7.45. The van der Waals surface area contributed by atoms with E-state index in [1.54, 1.807) is 0 Å². The average Bonchev–Trinajstić information content (AvgIpc) is 1.12. The summed E-state index contributed by atoms with van der Waals surface area (Å²) < 4.78 is 7.80. The predicted molar refractivity (Wildman–Crippen MR) is 40.2 cm³/mol. The van der Waals surface area contributed by atoms with Crippen LogP contribution in [0.4, 0.5) is 0 Å². The first kappa shape index (κ1) is 13.6. The molecule has 0 atom stereocenters. The van der Waals surface area contributed by atoms with E-state index in [1.807, 2.05) is 0 Å². The normalized spacial score (nSPS) is 11.9. The van der Waals surface area contributed by atoms with Crippen molar-refractivity contribution in [2.45, 2.75) is 10.7 Å². The third-order valence-corrected chi connectivity index (χ3v) is 0. The van der Waals surface area contributed by atoms with E-state index in [4.69, 9.17) is 54.0 Å². The van der Waals surface area contributed by atoms with Gasteiger partial charge in [-0.3, -0.25) is 0 Å². The molecule has 0 aromatic heterocycles. The van der Waals surface area contributed by atoms with E-state index < -0.39 is 11.6 Å². The maximum atomic E-state index is 8.88. The van der Waals surface area contributed by atoms with Gasteiger partial charge in [0.25, 0.3) is 0 Å². The quantitative estimate of drug-likeness (QED) is 0.435. The van der Waals surface area contributed by atoms with Crippen LogP contribution in [0.2, 0.25) is 0 Å². The molecule has 0 aliphatic carbocycles. The first-order chi connectivity index (χ1) is 4.00. The predicted octanol–water partition coefficient (Wildman–Crippen LogP) is 1.45. The molecule has 0 rings (SSSR count). The summed E-state index contributed by atoms with van der Waals surface area (Å²) in [7, 11) is -4.64. The van der Waals surface area contributed by atoms with Crippen LogP contribution < -0.4 is 0 Å². The minimum atomic E-state index is -4.64. The molecule has 0 aliphatic rings. The third-order valence-electron chi connectivity index (χ3n) is 0. The fraction of sp³-hybridized carbons (Fsp3) is 1.00. The molecule has 3 N–H and O–H groups in total. The van der Waals surface area contributed by atoms with Gasteiger partial charge in [0.2, 0.25) is 0 Å². The molecule has 0 aromatic carbocycles. The molecule has 0 bridgehead atoms. The molecule has 0 aliphatic heterocycles. The van der Waals surface area contributed by atoms with Crippen molar-refractivity contribution in [2.24, 2.45) is 0 Å². The van der Waals surface area contributed by atoms with E-state index in [0.717, 1.165) is 0 Å². The Morgan fingerprint density at radius 1 is 1.20 bits per heavy atom. The maximum Gasteiger partial charge on any atom is 0.466 e. The molecule has 0 saturated heterocycles. The molecule has 0 fully saturated rings.